The Morgan fingerprint density at radius 3 is 2.59 bits per heavy atom. The average Bonchev–Trinajstić information content (AvgIpc) is 3.00. The maximum Gasteiger partial charge on any atom is 0.356 e. The predicted octanol–water partition coefficient (Wildman–Crippen LogP) is 1.77. The quantitative estimate of drug-likeness (QED) is 0.458. The van der Waals surface area contributed by atoms with Crippen molar-refractivity contribution in [2.45, 2.75) is 38.5 Å². The van der Waals surface area contributed by atoms with Crippen LogP contribution in [0.25, 0.3) is 0 Å². The topological polar surface area (TPSA) is 113 Å². The normalized spacial score (nSPS) is 21.5. The van der Waals surface area contributed by atoms with E-state index >= 15 is 0 Å². The minimum Gasteiger partial charge on any atom is -0.497 e. The summed E-state index contributed by atoms with van der Waals surface area (Å²) < 4.78 is 10.5. The monoisotopic (exact) mass is 421 g/mol. The van der Waals surface area contributed by atoms with Crippen LogP contribution in [-0.2, 0) is 25.7 Å². The van der Waals surface area contributed by atoms with Crippen molar-refractivity contribution in [2.75, 3.05) is 12.9 Å². The number of carbonyl (C=O) groups excluding carboxylic acids is 2. The van der Waals surface area contributed by atoms with Crippen LogP contribution in [0.4, 0.5) is 0 Å². The number of β-lactam (4-membered cyclic amide) rings is 1. The smallest absolute Gasteiger partial charge is 0.356 e. The van der Waals surface area contributed by atoms with E-state index < -0.39 is 24.0 Å². The molecule has 1 saturated heterocycles. The van der Waals surface area contributed by atoms with Crippen molar-refractivity contribution < 1.29 is 34.1 Å². The Morgan fingerprint density at radius 1 is 1.31 bits per heavy atom. The third-order valence-corrected chi connectivity index (χ3v) is 6.12. The highest BCUT2D eigenvalue weighted by molar-refractivity contribution is 8.03. The molecule has 2 N–H and O–H groups in total. The largest absolute Gasteiger partial charge is 0.497 e. The van der Waals surface area contributed by atoms with Gasteiger partial charge in [0.05, 0.1) is 31.6 Å². The van der Waals surface area contributed by atoms with Crippen LogP contribution in [0.2, 0.25) is 0 Å². The second-order valence-corrected chi connectivity index (χ2v) is 8.12. The Kier molecular flexibility index (Phi) is 6.49. The lowest BCUT2D eigenvalue weighted by Crippen LogP contribution is -2.61. The van der Waals surface area contributed by atoms with Gasteiger partial charge in [0.25, 0.3) is 0 Å². The highest BCUT2D eigenvalue weighted by Crippen LogP contribution is 2.47. The van der Waals surface area contributed by atoms with Crippen LogP contribution in [0.1, 0.15) is 25.3 Å². The summed E-state index contributed by atoms with van der Waals surface area (Å²) in [6.45, 7) is 1.59. The number of hydrogen-bond donors (Lipinski definition) is 2. The number of methoxy groups -OCH3 is 1. The number of benzene rings is 1. The van der Waals surface area contributed by atoms with Crippen molar-refractivity contribution in [1.82, 2.24) is 4.90 Å². The zero-order chi connectivity index (χ0) is 21.1. The van der Waals surface area contributed by atoms with Gasteiger partial charge in [0.1, 0.15) is 18.1 Å². The Labute approximate surface area is 172 Å². The number of amides is 1. The second-order valence-electron chi connectivity index (χ2n) is 6.93. The van der Waals surface area contributed by atoms with Gasteiger partial charge >= 0.3 is 11.9 Å². The molecule has 0 spiro atoms. The van der Waals surface area contributed by atoms with Gasteiger partial charge in [-0.2, -0.15) is 0 Å². The van der Waals surface area contributed by atoms with E-state index in [1.54, 1.807) is 38.3 Å². The van der Waals surface area contributed by atoms with E-state index in [0.29, 0.717) is 17.1 Å². The van der Waals surface area contributed by atoms with Crippen molar-refractivity contribution in [3.63, 3.8) is 0 Å². The molecule has 0 saturated carbocycles. The number of nitrogens with zero attached hydrogens (tertiary/aromatic N) is 1. The molecule has 2 aliphatic heterocycles. The molecular formula is C20H23NO7S. The summed E-state index contributed by atoms with van der Waals surface area (Å²) in [5.41, 5.74) is 0.937. The van der Waals surface area contributed by atoms with Gasteiger partial charge < -0.3 is 24.6 Å². The molecule has 2 aliphatic rings. The lowest BCUT2D eigenvalue weighted by atomic mass is 9.83. The SMILES string of the molecule is COc1ccc(COC(=O)C2=C(SCCC(=O)O)C[C@@H]3[C@@H]([C@@H](C)O)C(=O)N23)cc1. The van der Waals surface area contributed by atoms with Crippen molar-refractivity contribution in [3.05, 3.63) is 40.4 Å². The molecule has 0 aromatic heterocycles. The molecule has 9 heteroatoms. The maximum atomic E-state index is 12.8. The molecule has 0 aliphatic carbocycles. The Balaban J connectivity index is 1.72. The summed E-state index contributed by atoms with van der Waals surface area (Å²) in [5, 5.41) is 18.7. The van der Waals surface area contributed by atoms with Crippen LogP contribution in [0, 0.1) is 5.92 Å². The van der Waals surface area contributed by atoms with Gasteiger partial charge in [-0.1, -0.05) is 12.1 Å². The molecule has 1 aromatic rings. The van der Waals surface area contributed by atoms with Gasteiger partial charge in [0.2, 0.25) is 5.91 Å². The van der Waals surface area contributed by atoms with Crippen molar-refractivity contribution in [3.8, 4) is 5.75 Å². The van der Waals surface area contributed by atoms with Crippen molar-refractivity contribution in [1.29, 1.82) is 0 Å². The summed E-state index contributed by atoms with van der Waals surface area (Å²) in [7, 11) is 1.56. The fraction of sp³-hybridized carbons (Fsp3) is 0.450. The number of rotatable bonds is 9. The van der Waals surface area contributed by atoms with Crippen molar-refractivity contribution >= 4 is 29.6 Å². The number of esters is 1. The first-order valence-corrected chi connectivity index (χ1v) is 10.2. The van der Waals surface area contributed by atoms with E-state index in [2.05, 4.69) is 0 Å². The van der Waals surface area contributed by atoms with Crippen LogP contribution in [0.15, 0.2) is 34.9 Å². The third kappa shape index (κ3) is 4.40. The van der Waals surface area contributed by atoms with E-state index in [1.165, 1.54) is 16.7 Å². The van der Waals surface area contributed by atoms with Crippen LogP contribution < -0.4 is 4.74 Å². The highest BCUT2D eigenvalue weighted by atomic mass is 32.2. The fourth-order valence-corrected chi connectivity index (χ4v) is 4.68. The maximum absolute atomic E-state index is 12.8. The number of hydrogen-bond acceptors (Lipinski definition) is 7. The molecule has 0 radical (unpaired) electrons. The van der Waals surface area contributed by atoms with Crippen LogP contribution in [0.5, 0.6) is 5.75 Å². The molecular weight excluding hydrogens is 398 g/mol. The van der Waals surface area contributed by atoms with E-state index in [0.717, 1.165) is 5.56 Å². The highest BCUT2D eigenvalue weighted by Gasteiger charge is 2.57. The van der Waals surface area contributed by atoms with Gasteiger partial charge in [0, 0.05) is 17.1 Å². The summed E-state index contributed by atoms with van der Waals surface area (Å²) in [6, 6.07) is 6.77. The number of thioether (sulfide) groups is 1. The second kappa shape index (κ2) is 8.87. The zero-order valence-electron chi connectivity index (χ0n) is 16.2. The van der Waals surface area contributed by atoms with Crippen LogP contribution in [-0.4, -0.2) is 58.0 Å². The molecule has 2 heterocycles. The molecule has 156 valence electrons. The van der Waals surface area contributed by atoms with E-state index in [1.807, 2.05) is 0 Å². The number of ether oxygens (including phenoxy) is 2. The molecule has 0 unspecified atom stereocenters. The number of carboxylic acid groups (broad SMARTS) is 1. The van der Waals surface area contributed by atoms with Crippen LogP contribution in [0.3, 0.4) is 0 Å². The minimum absolute atomic E-state index is 0.0337. The van der Waals surface area contributed by atoms with E-state index in [4.69, 9.17) is 14.6 Å². The first-order valence-electron chi connectivity index (χ1n) is 9.22. The van der Waals surface area contributed by atoms with Gasteiger partial charge in [-0.15, -0.1) is 11.8 Å². The number of aliphatic hydroxyl groups excluding tert-OH is 1. The summed E-state index contributed by atoms with van der Waals surface area (Å²) >= 11 is 1.24. The molecule has 8 nitrogen and oxygen atoms in total. The number of carbonyl (C=O) groups is 3. The number of aliphatic carboxylic acids is 1. The van der Waals surface area contributed by atoms with Crippen molar-refractivity contribution in [2.24, 2.45) is 5.92 Å². The first-order chi connectivity index (χ1) is 13.8. The van der Waals surface area contributed by atoms with E-state index in [-0.39, 0.29) is 36.4 Å². The Hall–Kier alpha value is -2.52. The van der Waals surface area contributed by atoms with Gasteiger partial charge in [-0.3, -0.25) is 9.59 Å². The summed E-state index contributed by atoms with van der Waals surface area (Å²) in [5.74, 6) is -1.45. The molecule has 1 fully saturated rings. The van der Waals surface area contributed by atoms with E-state index in [9.17, 15) is 19.5 Å². The molecule has 1 aromatic carbocycles. The molecule has 1 amide bonds. The Morgan fingerprint density at radius 2 is 2.00 bits per heavy atom. The van der Waals surface area contributed by atoms with Gasteiger partial charge in [0.15, 0.2) is 0 Å². The molecule has 29 heavy (non-hydrogen) atoms. The standard InChI is InChI=1S/C20H23NO7S/c1-11(22)17-14-9-15(29-8-7-16(23)24)18(21(14)19(17)25)20(26)28-10-12-3-5-13(27-2)6-4-12/h3-6,11,14,17,22H,7-10H2,1-2H3,(H,23,24)/t11-,14-,17-/m1/s1. The Bertz CT molecular complexity index is 834. The van der Waals surface area contributed by atoms with Gasteiger partial charge in [-0.05, 0) is 24.6 Å². The summed E-state index contributed by atoms with van der Waals surface area (Å²) in [4.78, 5) is 38.1. The third-order valence-electron chi connectivity index (χ3n) is 5.00. The number of aliphatic hydroxyl groups is 1. The fourth-order valence-electron chi connectivity index (χ4n) is 3.55. The van der Waals surface area contributed by atoms with Crippen LogP contribution >= 0.6 is 11.8 Å². The minimum atomic E-state index is -0.930. The number of carboxylic acids is 1. The van der Waals surface area contributed by atoms with Gasteiger partial charge in [-0.25, -0.2) is 4.79 Å². The lowest BCUT2D eigenvalue weighted by molar-refractivity contribution is -0.162. The number of fused-ring (bicyclic) bond motifs is 1. The molecule has 0 bridgehead atoms. The molecule has 3 rings (SSSR count). The first kappa shape index (κ1) is 21.2. The summed E-state index contributed by atoms with van der Waals surface area (Å²) in [6.07, 6.45) is -0.456. The molecule has 3 atom stereocenters. The lowest BCUT2D eigenvalue weighted by Gasteiger charge is -2.44. The predicted molar refractivity (Wildman–Crippen MR) is 105 cm³/mol. The average molecular weight is 421 g/mol. The zero-order valence-corrected chi connectivity index (χ0v) is 17.0.